The van der Waals surface area contributed by atoms with Crippen LogP contribution in [0.2, 0.25) is 0 Å². The van der Waals surface area contributed by atoms with Gasteiger partial charge in [0, 0.05) is 17.6 Å². The first-order valence-corrected chi connectivity index (χ1v) is 5.58. The van der Waals surface area contributed by atoms with Crippen LogP contribution < -0.4 is 5.32 Å². The van der Waals surface area contributed by atoms with E-state index in [0.29, 0.717) is 16.6 Å². The van der Waals surface area contributed by atoms with E-state index in [2.05, 4.69) is 21.2 Å². The zero-order valence-corrected chi connectivity index (χ0v) is 10.7. The fourth-order valence-electron chi connectivity index (χ4n) is 1.27. The van der Waals surface area contributed by atoms with E-state index in [9.17, 15) is 9.18 Å². The Bertz CT molecular complexity index is 384. The topological polar surface area (TPSA) is 38.3 Å². The SMILES string of the molecule is COC[C@@H](C)NC(=O)c1ccc(F)cc1Br. The van der Waals surface area contributed by atoms with Crippen molar-refractivity contribution in [3.05, 3.63) is 34.1 Å². The lowest BCUT2D eigenvalue weighted by Crippen LogP contribution is -2.35. The van der Waals surface area contributed by atoms with E-state index in [0.717, 1.165) is 0 Å². The molecule has 16 heavy (non-hydrogen) atoms. The first kappa shape index (κ1) is 13.1. The summed E-state index contributed by atoms with van der Waals surface area (Å²) in [5.74, 6) is -0.634. The van der Waals surface area contributed by atoms with Crippen LogP contribution in [0.15, 0.2) is 22.7 Å². The molecule has 0 aliphatic heterocycles. The standard InChI is InChI=1S/C11H13BrFNO2/c1-7(6-16-2)14-11(15)9-4-3-8(13)5-10(9)12/h3-5,7H,6H2,1-2H3,(H,14,15)/t7-/m1/s1. The summed E-state index contributed by atoms with van der Waals surface area (Å²) in [6, 6.07) is 3.86. The smallest absolute Gasteiger partial charge is 0.252 e. The van der Waals surface area contributed by atoms with Gasteiger partial charge in [-0.05, 0) is 41.1 Å². The van der Waals surface area contributed by atoms with E-state index >= 15 is 0 Å². The Labute approximate surface area is 102 Å². The highest BCUT2D eigenvalue weighted by Crippen LogP contribution is 2.17. The lowest BCUT2D eigenvalue weighted by Gasteiger charge is -2.13. The molecule has 1 N–H and O–H groups in total. The number of hydrogen-bond acceptors (Lipinski definition) is 2. The van der Waals surface area contributed by atoms with Crippen LogP contribution in [-0.2, 0) is 4.74 Å². The summed E-state index contributed by atoms with van der Waals surface area (Å²) >= 11 is 3.14. The molecule has 1 atom stereocenters. The average Bonchev–Trinajstić information content (AvgIpc) is 2.17. The van der Waals surface area contributed by atoms with Gasteiger partial charge in [0.15, 0.2) is 0 Å². The van der Waals surface area contributed by atoms with Crippen LogP contribution in [0.4, 0.5) is 4.39 Å². The van der Waals surface area contributed by atoms with Crippen LogP contribution in [-0.4, -0.2) is 25.7 Å². The second-order valence-corrected chi connectivity index (χ2v) is 4.31. The molecular weight excluding hydrogens is 277 g/mol. The Kier molecular flexibility index (Phi) is 4.89. The maximum absolute atomic E-state index is 12.8. The van der Waals surface area contributed by atoms with Crippen LogP contribution >= 0.6 is 15.9 Å². The molecule has 1 aromatic rings. The van der Waals surface area contributed by atoms with E-state index in [1.54, 1.807) is 7.11 Å². The van der Waals surface area contributed by atoms with Crippen molar-refractivity contribution >= 4 is 21.8 Å². The van der Waals surface area contributed by atoms with E-state index in [1.807, 2.05) is 6.92 Å². The van der Waals surface area contributed by atoms with Crippen LogP contribution in [0.5, 0.6) is 0 Å². The van der Waals surface area contributed by atoms with Crippen LogP contribution in [0.1, 0.15) is 17.3 Å². The van der Waals surface area contributed by atoms with Crippen molar-refractivity contribution in [2.45, 2.75) is 13.0 Å². The van der Waals surface area contributed by atoms with Crippen molar-refractivity contribution in [2.24, 2.45) is 0 Å². The van der Waals surface area contributed by atoms with Crippen LogP contribution in [0.3, 0.4) is 0 Å². The number of carbonyl (C=O) groups is 1. The molecule has 1 aromatic carbocycles. The molecule has 0 aromatic heterocycles. The van der Waals surface area contributed by atoms with E-state index in [1.165, 1.54) is 18.2 Å². The van der Waals surface area contributed by atoms with Gasteiger partial charge in [0.25, 0.3) is 5.91 Å². The number of rotatable bonds is 4. The summed E-state index contributed by atoms with van der Waals surface area (Å²) in [5.41, 5.74) is 0.407. The third-order valence-corrected chi connectivity index (χ3v) is 2.63. The van der Waals surface area contributed by atoms with Crippen molar-refractivity contribution in [1.82, 2.24) is 5.32 Å². The summed E-state index contributed by atoms with van der Waals surface area (Å²) in [6.45, 7) is 2.27. The normalized spacial score (nSPS) is 12.2. The first-order valence-electron chi connectivity index (χ1n) is 4.79. The number of benzene rings is 1. The largest absolute Gasteiger partial charge is 0.383 e. The minimum Gasteiger partial charge on any atom is -0.383 e. The van der Waals surface area contributed by atoms with Crippen molar-refractivity contribution in [2.75, 3.05) is 13.7 Å². The van der Waals surface area contributed by atoms with E-state index in [4.69, 9.17) is 4.74 Å². The number of methoxy groups -OCH3 is 1. The summed E-state index contributed by atoms with van der Waals surface area (Å²) in [5, 5.41) is 2.74. The van der Waals surface area contributed by atoms with E-state index < -0.39 is 0 Å². The monoisotopic (exact) mass is 289 g/mol. The van der Waals surface area contributed by atoms with E-state index in [-0.39, 0.29) is 17.8 Å². The van der Waals surface area contributed by atoms with Gasteiger partial charge in [0.05, 0.1) is 12.2 Å². The number of halogens is 2. The molecule has 0 saturated heterocycles. The van der Waals surface area contributed by atoms with Gasteiger partial charge in [-0.3, -0.25) is 4.79 Å². The van der Waals surface area contributed by atoms with Gasteiger partial charge in [-0.15, -0.1) is 0 Å². The summed E-state index contributed by atoms with van der Waals surface area (Å²) in [4.78, 5) is 11.7. The first-order chi connectivity index (χ1) is 7.54. The Morgan fingerprint density at radius 3 is 2.88 bits per heavy atom. The molecule has 1 amide bonds. The van der Waals surface area contributed by atoms with Gasteiger partial charge < -0.3 is 10.1 Å². The zero-order valence-electron chi connectivity index (χ0n) is 9.09. The summed E-state index contributed by atoms with van der Waals surface area (Å²) in [6.07, 6.45) is 0. The molecule has 5 heteroatoms. The molecular formula is C11H13BrFNO2. The van der Waals surface area contributed by atoms with Gasteiger partial charge in [-0.2, -0.15) is 0 Å². The number of carbonyl (C=O) groups excluding carboxylic acids is 1. The molecule has 0 saturated carbocycles. The van der Waals surface area contributed by atoms with Crippen LogP contribution in [0.25, 0.3) is 0 Å². The molecule has 0 aliphatic rings. The summed E-state index contributed by atoms with van der Waals surface area (Å²) < 4.78 is 18.2. The molecule has 88 valence electrons. The molecule has 0 aliphatic carbocycles. The fourth-order valence-corrected chi connectivity index (χ4v) is 1.80. The average molecular weight is 290 g/mol. The maximum atomic E-state index is 12.8. The van der Waals surface area contributed by atoms with Gasteiger partial charge in [0.1, 0.15) is 5.82 Å². The van der Waals surface area contributed by atoms with Crippen LogP contribution in [0, 0.1) is 5.82 Å². The molecule has 0 bridgehead atoms. The Balaban J connectivity index is 2.73. The molecule has 0 heterocycles. The zero-order chi connectivity index (χ0) is 12.1. The molecule has 0 spiro atoms. The van der Waals surface area contributed by atoms with Gasteiger partial charge in [0.2, 0.25) is 0 Å². The highest BCUT2D eigenvalue weighted by molar-refractivity contribution is 9.10. The molecule has 3 nitrogen and oxygen atoms in total. The molecule has 0 radical (unpaired) electrons. The Morgan fingerprint density at radius 1 is 1.62 bits per heavy atom. The predicted octanol–water partition coefficient (Wildman–Crippen LogP) is 2.35. The minimum atomic E-state index is -0.381. The van der Waals surface area contributed by atoms with Gasteiger partial charge in [-0.25, -0.2) is 4.39 Å². The highest BCUT2D eigenvalue weighted by Gasteiger charge is 2.12. The number of amides is 1. The van der Waals surface area contributed by atoms with Crippen molar-refractivity contribution in [3.8, 4) is 0 Å². The highest BCUT2D eigenvalue weighted by atomic mass is 79.9. The number of ether oxygens (including phenoxy) is 1. The second-order valence-electron chi connectivity index (χ2n) is 3.45. The second kappa shape index (κ2) is 5.96. The van der Waals surface area contributed by atoms with Crippen molar-refractivity contribution in [3.63, 3.8) is 0 Å². The number of hydrogen-bond donors (Lipinski definition) is 1. The van der Waals surface area contributed by atoms with Gasteiger partial charge in [-0.1, -0.05) is 0 Å². The number of nitrogens with one attached hydrogen (secondary N) is 1. The van der Waals surface area contributed by atoms with Crippen molar-refractivity contribution in [1.29, 1.82) is 0 Å². The molecule has 0 unspecified atom stereocenters. The lowest BCUT2D eigenvalue weighted by molar-refractivity contribution is 0.0905. The minimum absolute atomic E-state index is 0.0885. The third kappa shape index (κ3) is 3.57. The lowest BCUT2D eigenvalue weighted by atomic mass is 10.2. The Hall–Kier alpha value is -0.940. The fraction of sp³-hybridized carbons (Fsp3) is 0.364. The van der Waals surface area contributed by atoms with Gasteiger partial charge >= 0.3 is 0 Å². The Morgan fingerprint density at radius 2 is 2.31 bits per heavy atom. The molecule has 0 fully saturated rings. The third-order valence-electron chi connectivity index (χ3n) is 1.97. The van der Waals surface area contributed by atoms with Crippen molar-refractivity contribution < 1.29 is 13.9 Å². The predicted molar refractivity (Wildman–Crippen MR) is 62.9 cm³/mol. The summed E-state index contributed by atoms with van der Waals surface area (Å²) in [7, 11) is 1.57. The quantitative estimate of drug-likeness (QED) is 0.924. The molecule has 1 rings (SSSR count). The maximum Gasteiger partial charge on any atom is 0.252 e.